The van der Waals surface area contributed by atoms with E-state index in [2.05, 4.69) is 22.2 Å². The maximum Gasteiger partial charge on any atom is 0.274 e. The molecule has 1 atom stereocenters. The van der Waals surface area contributed by atoms with Crippen LogP contribution in [0.4, 0.5) is 0 Å². The SMILES string of the molecule is C=CCn1nc(C(=O)N(C)C)c2c1CCC(NCc1cc(-c3ccccc3)on1)C2. The van der Waals surface area contributed by atoms with E-state index < -0.39 is 0 Å². The molecule has 156 valence electrons. The second kappa shape index (κ2) is 8.67. The second-order valence-corrected chi connectivity index (χ2v) is 7.81. The summed E-state index contributed by atoms with van der Waals surface area (Å²) in [7, 11) is 3.52. The molecule has 2 heterocycles. The van der Waals surface area contributed by atoms with E-state index >= 15 is 0 Å². The number of nitrogens with zero attached hydrogens (tertiary/aromatic N) is 4. The Labute approximate surface area is 176 Å². The number of hydrogen-bond donors (Lipinski definition) is 1. The highest BCUT2D eigenvalue weighted by molar-refractivity contribution is 5.93. The summed E-state index contributed by atoms with van der Waals surface area (Å²) in [5, 5.41) is 12.4. The summed E-state index contributed by atoms with van der Waals surface area (Å²) in [5.41, 5.74) is 4.62. The van der Waals surface area contributed by atoms with Crippen LogP contribution in [0, 0.1) is 0 Å². The van der Waals surface area contributed by atoms with E-state index in [4.69, 9.17) is 4.52 Å². The van der Waals surface area contributed by atoms with Gasteiger partial charge < -0.3 is 14.7 Å². The number of benzene rings is 1. The molecule has 3 aromatic rings. The summed E-state index contributed by atoms with van der Waals surface area (Å²) in [4.78, 5) is 14.2. The lowest BCUT2D eigenvalue weighted by Crippen LogP contribution is -2.35. The van der Waals surface area contributed by atoms with Crippen LogP contribution in [0.1, 0.15) is 33.9 Å². The molecule has 1 amide bonds. The number of fused-ring (bicyclic) bond motifs is 1. The average Bonchev–Trinajstić information content (AvgIpc) is 3.37. The number of nitrogens with one attached hydrogen (secondary N) is 1. The summed E-state index contributed by atoms with van der Waals surface area (Å²) >= 11 is 0. The molecule has 30 heavy (non-hydrogen) atoms. The number of amides is 1. The fourth-order valence-electron chi connectivity index (χ4n) is 3.90. The molecule has 0 saturated heterocycles. The first-order valence-electron chi connectivity index (χ1n) is 10.2. The fraction of sp³-hybridized carbons (Fsp3) is 0.348. The first kappa shape index (κ1) is 20.1. The zero-order chi connectivity index (χ0) is 21.1. The van der Waals surface area contributed by atoms with Gasteiger partial charge in [-0.1, -0.05) is 41.6 Å². The smallest absolute Gasteiger partial charge is 0.274 e. The molecule has 7 nitrogen and oxygen atoms in total. The van der Waals surface area contributed by atoms with Gasteiger partial charge >= 0.3 is 0 Å². The van der Waals surface area contributed by atoms with Crippen LogP contribution < -0.4 is 5.32 Å². The van der Waals surface area contributed by atoms with E-state index in [-0.39, 0.29) is 11.9 Å². The lowest BCUT2D eigenvalue weighted by Gasteiger charge is -2.24. The minimum Gasteiger partial charge on any atom is -0.356 e. The fourth-order valence-corrected chi connectivity index (χ4v) is 3.90. The molecule has 0 spiro atoms. The van der Waals surface area contributed by atoms with E-state index in [0.29, 0.717) is 18.8 Å². The molecule has 1 aliphatic carbocycles. The predicted molar refractivity (Wildman–Crippen MR) is 115 cm³/mol. The third-order valence-corrected chi connectivity index (χ3v) is 5.45. The minimum absolute atomic E-state index is 0.0567. The Kier molecular flexibility index (Phi) is 5.81. The highest BCUT2D eigenvalue weighted by Crippen LogP contribution is 2.26. The van der Waals surface area contributed by atoms with Crippen molar-refractivity contribution in [3.8, 4) is 11.3 Å². The number of aromatic nitrogens is 3. The van der Waals surface area contributed by atoms with Gasteiger partial charge in [-0.2, -0.15) is 5.10 Å². The zero-order valence-corrected chi connectivity index (χ0v) is 17.5. The van der Waals surface area contributed by atoms with Crippen LogP contribution in [-0.2, 0) is 25.9 Å². The van der Waals surface area contributed by atoms with Gasteiger partial charge in [0.25, 0.3) is 5.91 Å². The normalized spacial score (nSPS) is 15.6. The van der Waals surface area contributed by atoms with Gasteiger partial charge in [0.15, 0.2) is 11.5 Å². The summed E-state index contributed by atoms with van der Waals surface area (Å²) in [6.45, 7) is 5.04. The Morgan fingerprint density at radius 2 is 2.17 bits per heavy atom. The lowest BCUT2D eigenvalue weighted by molar-refractivity contribution is 0.0820. The molecule has 4 rings (SSSR count). The van der Waals surface area contributed by atoms with E-state index in [9.17, 15) is 4.79 Å². The Morgan fingerprint density at radius 3 is 2.90 bits per heavy atom. The Hall–Kier alpha value is -3.19. The predicted octanol–water partition coefficient (Wildman–Crippen LogP) is 3.07. The molecule has 0 aliphatic heterocycles. The summed E-state index contributed by atoms with van der Waals surface area (Å²) in [6, 6.07) is 12.2. The highest BCUT2D eigenvalue weighted by Gasteiger charge is 2.29. The first-order chi connectivity index (χ1) is 14.6. The average molecular weight is 406 g/mol. The molecule has 1 N–H and O–H groups in total. The topological polar surface area (TPSA) is 76.2 Å². The number of carbonyl (C=O) groups excluding carboxylic acids is 1. The molecule has 7 heteroatoms. The summed E-state index contributed by atoms with van der Waals surface area (Å²) < 4.78 is 7.41. The van der Waals surface area contributed by atoms with Gasteiger partial charge in [0, 0.05) is 49.6 Å². The van der Waals surface area contributed by atoms with Crippen molar-refractivity contribution in [2.75, 3.05) is 14.1 Å². The highest BCUT2D eigenvalue weighted by atomic mass is 16.5. The molecule has 1 unspecified atom stereocenters. The van der Waals surface area contributed by atoms with Crippen LogP contribution >= 0.6 is 0 Å². The van der Waals surface area contributed by atoms with Crippen LogP contribution in [0.2, 0.25) is 0 Å². The largest absolute Gasteiger partial charge is 0.356 e. The van der Waals surface area contributed by atoms with Crippen LogP contribution in [0.5, 0.6) is 0 Å². The monoisotopic (exact) mass is 405 g/mol. The van der Waals surface area contributed by atoms with Crippen LogP contribution in [0.3, 0.4) is 0 Å². The molecule has 2 aromatic heterocycles. The molecule has 0 bridgehead atoms. The van der Waals surface area contributed by atoms with Gasteiger partial charge in [-0.15, -0.1) is 6.58 Å². The van der Waals surface area contributed by atoms with Gasteiger partial charge in [0.2, 0.25) is 0 Å². The quantitative estimate of drug-likeness (QED) is 0.612. The molecule has 1 aromatic carbocycles. The third kappa shape index (κ3) is 4.07. The number of carbonyl (C=O) groups is 1. The lowest BCUT2D eigenvalue weighted by atomic mass is 9.91. The molecule has 0 fully saturated rings. The van der Waals surface area contributed by atoms with Crippen molar-refractivity contribution < 1.29 is 9.32 Å². The van der Waals surface area contributed by atoms with Gasteiger partial charge in [0.05, 0.1) is 12.2 Å². The van der Waals surface area contributed by atoms with Crippen molar-refractivity contribution in [3.63, 3.8) is 0 Å². The maximum atomic E-state index is 12.6. The first-order valence-corrected chi connectivity index (χ1v) is 10.2. The van der Waals surface area contributed by atoms with Gasteiger partial charge in [0.1, 0.15) is 0 Å². The van der Waals surface area contributed by atoms with Crippen molar-refractivity contribution in [1.82, 2.24) is 25.2 Å². The van der Waals surface area contributed by atoms with E-state index in [1.54, 1.807) is 19.0 Å². The van der Waals surface area contributed by atoms with Crippen molar-refractivity contribution >= 4 is 5.91 Å². The summed E-state index contributed by atoms with van der Waals surface area (Å²) in [5.74, 6) is 0.710. The number of rotatable bonds is 7. The Bertz CT molecular complexity index is 1040. The van der Waals surface area contributed by atoms with E-state index in [0.717, 1.165) is 47.5 Å². The van der Waals surface area contributed by atoms with Crippen molar-refractivity contribution in [2.45, 2.75) is 38.4 Å². The van der Waals surface area contributed by atoms with Crippen molar-refractivity contribution in [3.05, 3.63) is 71.7 Å². The van der Waals surface area contributed by atoms with Gasteiger partial charge in [-0.05, 0) is 19.3 Å². The van der Waals surface area contributed by atoms with Gasteiger partial charge in [-0.25, -0.2) is 0 Å². The van der Waals surface area contributed by atoms with Crippen LogP contribution in [0.15, 0.2) is 53.6 Å². The van der Waals surface area contributed by atoms with E-state index in [1.807, 2.05) is 47.2 Å². The summed E-state index contributed by atoms with van der Waals surface area (Å²) in [6.07, 6.45) is 4.44. The molecular weight excluding hydrogens is 378 g/mol. The third-order valence-electron chi connectivity index (χ3n) is 5.45. The van der Waals surface area contributed by atoms with Crippen molar-refractivity contribution in [2.24, 2.45) is 0 Å². The zero-order valence-electron chi connectivity index (χ0n) is 17.5. The maximum absolute atomic E-state index is 12.6. The Balaban J connectivity index is 1.46. The van der Waals surface area contributed by atoms with Crippen LogP contribution in [0.25, 0.3) is 11.3 Å². The Morgan fingerprint density at radius 1 is 1.37 bits per heavy atom. The van der Waals surface area contributed by atoms with Crippen LogP contribution in [-0.4, -0.2) is 45.9 Å². The molecule has 1 aliphatic rings. The second-order valence-electron chi connectivity index (χ2n) is 7.81. The molecule has 0 saturated carbocycles. The van der Waals surface area contributed by atoms with Gasteiger partial charge in [-0.3, -0.25) is 9.48 Å². The van der Waals surface area contributed by atoms with E-state index in [1.165, 1.54) is 0 Å². The molecule has 0 radical (unpaired) electrons. The standard InChI is InChI=1S/C23H27N5O2/c1-4-12-28-20-11-10-17(13-19(20)22(25-28)23(29)27(2)3)24-15-18-14-21(30-26-18)16-8-6-5-7-9-16/h4-9,14,17,24H,1,10-13,15H2,2-3H3. The molecular formula is C23H27N5O2. The number of allylic oxidation sites excluding steroid dienone is 1. The minimum atomic E-state index is -0.0567. The number of hydrogen-bond acceptors (Lipinski definition) is 5. The van der Waals surface area contributed by atoms with Crippen molar-refractivity contribution in [1.29, 1.82) is 0 Å².